The molecule has 0 heterocycles. The molecule has 0 unspecified atom stereocenters. The van der Waals surface area contributed by atoms with Gasteiger partial charge in [-0.3, -0.25) is 4.79 Å². The highest BCUT2D eigenvalue weighted by atomic mass is 16.1. The van der Waals surface area contributed by atoms with Crippen molar-refractivity contribution in [3.8, 4) is 0 Å². The Morgan fingerprint density at radius 3 is 1.70 bits per heavy atom. The summed E-state index contributed by atoms with van der Waals surface area (Å²) >= 11 is 0. The first-order valence-electron chi connectivity index (χ1n) is 13.8. The van der Waals surface area contributed by atoms with Gasteiger partial charge in [0.1, 0.15) is 0 Å². The van der Waals surface area contributed by atoms with Crippen molar-refractivity contribution in [3.63, 3.8) is 0 Å². The van der Waals surface area contributed by atoms with Crippen molar-refractivity contribution in [1.29, 1.82) is 0 Å². The second kappa shape index (κ2) is 14.4. The van der Waals surface area contributed by atoms with E-state index < -0.39 is 0 Å². The number of ketones is 1. The second-order valence-electron chi connectivity index (χ2n) is 10.7. The average molecular weight is 447 g/mol. The molecular weight excluding hydrogens is 400 g/mol. The Morgan fingerprint density at radius 2 is 1.15 bits per heavy atom. The summed E-state index contributed by atoms with van der Waals surface area (Å²) in [5.41, 5.74) is 4.98. The minimum absolute atomic E-state index is 0.315. The topological polar surface area (TPSA) is 17.1 Å². The smallest absolute Gasteiger partial charge is 0.162 e. The largest absolute Gasteiger partial charge is 0.294 e. The maximum Gasteiger partial charge on any atom is 0.162 e. The van der Waals surface area contributed by atoms with Crippen LogP contribution in [0.4, 0.5) is 0 Å². The van der Waals surface area contributed by atoms with Crippen LogP contribution in [0.3, 0.4) is 0 Å². The highest BCUT2D eigenvalue weighted by molar-refractivity contribution is 5.96. The fraction of sp³-hybridized carbons (Fsp3) is 0.594. The lowest BCUT2D eigenvalue weighted by atomic mass is 9.85. The van der Waals surface area contributed by atoms with Gasteiger partial charge in [0.2, 0.25) is 0 Å². The molecule has 2 aromatic carbocycles. The minimum atomic E-state index is 0.315. The predicted molar refractivity (Wildman–Crippen MR) is 142 cm³/mol. The van der Waals surface area contributed by atoms with E-state index in [4.69, 9.17) is 0 Å². The van der Waals surface area contributed by atoms with E-state index in [9.17, 15) is 4.79 Å². The van der Waals surface area contributed by atoms with Crippen LogP contribution in [0, 0.1) is 25.7 Å². The molecule has 1 nitrogen and oxygen atoms in total. The van der Waals surface area contributed by atoms with Crippen molar-refractivity contribution in [2.45, 2.75) is 110 Å². The van der Waals surface area contributed by atoms with E-state index >= 15 is 0 Å². The lowest BCUT2D eigenvalue weighted by molar-refractivity contribution is 0.0970. The van der Waals surface area contributed by atoms with Crippen LogP contribution in [0.2, 0.25) is 0 Å². The monoisotopic (exact) mass is 446 g/mol. The van der Waals surface area contributed by atoms with Gasteiger partial charge in [-0.05, 0) is 50.5 Å². The number of carbonyl (C=O) groups is 1. The number of carbonyl (C=O) groups excluding carboxylic acids is 1. The van der Waals surface area contributed by atoms with Crippen molar-refractivity contribution in [3.05, 3.63) is 70.8 Å². The number of aryl methyl sites for hydroxylation is 3. The normalized spacial score (nSPS) is 17.3. The van der Waals surface area contributed by atoms with E-state index in [2.05, 4.69) is 38.1 Å². The molecule has 0 atom stereocenters. The number of hydrogen-bond donors (Lipinski definition) is 0. The van der Waals surface area contributed by atoms with Gasteiger partial charge in [0.15, 0.2) is 5.78 Å². The molecule has 0 radical (unpaired) electrons. The van der Waals surface area contributed by atoms with E-state index in [-0.39, 0.29) is 0 Å². The van der Waals surface area contributed by atoms with E-state index in [0.29, 0.717) is 5.78 Å². The number of Topliss-reactive ketones (excluding diaryl/α,β-unsaturated/α-hetero) is 1. The van der Waals surface area contributed by atoms with Crippen LogP contribution in [0.1, 0.15) is 117 Å². The first-order chi connectivity index (χ1) is 16.1. The van der Waals surface area contributed by atoms with E-state index in [0.717, 1.165) is 30.2 Å². The molecule has 0 N–H and O–H groups in total. The minimum Gasteiger partial charge on any atom is -0.294 e. The molecule has 2 fully saturated rings. The molecule has 0 aromatic heterocycles. The molecule has 2 saturated carbocycles. The first kappa shape index (κ1) is 25.7. The zero-order valence-electron chi connectivity index (χ0n) is 21.3. The van der Waals surface area contributed by atoms with E-state index in [1.54, 1.807) is 0 Å². The van der Waals surface area contributed by atoms with Gasteiger partial charge in [-0.1, -0.05) is 130 Å². The van der Waals surface area contributed by atoms with Gasteiger partial charge in [0.05, 0.1) is 0 Å². The van der Waals surface area contributed by atoms with Gasteiger partial charge >= 0.3 is 0 Å². The Labute approximate surface area is 203 Å². The molecule has 1 heteroatoms. The number of hydrogen-bond acceptors (Lipinski definition) is 1. The highest BCUT2D eigenvalue weighted by Crippen LogP contribution is 2.28. The van der Waals surface area contributed by atoms with Crippen LogP contribution in [-0.4, -0.2) is 5.78 Å². The summed E-state index contributed by atoms with van der Waals surface area (Å²) in [6, 6.07) is 17.0. The van der Waals surface area contributed by atoms with Crippen molar-refractivity contribution in [1.82, 2.24) is 0 Å². The summed E-state index contributed by atoms with van der Waals surface area (Å²) in [5.74, 6) is 2.16. The Kier molecular flexibility index (Phi) is 11.2. The lowest BCUT2D eigenvalue weighted by Crippen LogP contribution is -2.09. The van der Waals surface area contributed by atoms with Crippen LogP contribution in [0.15, 0.2) is 48.5 Å². The number of benzene rings is 2. The molecule has 2 aliphatic carbocycles. The molecular formula is C32H46O. The van der Waals surface area contributed by atoms with Crippen LogP contribution in [0.5, 0.6) is 0 Å². The lowest BCUT2D eigenvalue weighted by Gasteiger charge is -2.21. The summed E-state index contributed by atoms with van der Waals surface area (Å²) in [7, 11) is 0. The summed E-state index contributed by atoms with van der Waals surface area (Å²) in [4.78, 5) is 12.0. The summed E-state index contributed by atoms with van der Waals surface area (Å²) < 4.78 is 0. The van der Waals surface area contributed by atoms with Crippen LogP contribution in [0.25, 0.3) is 0 Å². The highest BCUT2D eigenvalue weighted by Gasteiger charge is 2.15. The molecule has 0 saturated heterocycles. The Hall–Kier alpha value is -1.89. The van der Waals surface area contributed by atoms with Crippen LogP contribution < -0.4 is 0 Å². The van der Waals surface area contributed by atoms with E-state index in [1.807, 2.05) is 24.3 Å². The maximum atomic E-state index is 12.0. The predicted octanol–water partition coefficient (Wildman–Crippen LogP) is 9.44. The van der Waals surface area contributed by atoms with Gasteiger partial charge in [-0.2, -0.15) is 0 Å². The third-order valence-corrected chi connectivity index (χ3v) is 7.80. The standard InChI is InChI=1S/C16H22O.C16H24/c1-13-7-10-15(11-8-13)16(17)12-9-14-5-3-2-4-6-14;1-14-10-12-16(13-11-14)9-5-8-15-6-3-2-4-7-15/h7-8,10-11,14H,2-6,9,12H2,1H3;10-13,15H,2-9H2,1H3. The maximum absolute atomic E-state index is 12.0. The third-order valence-electron chi connectivity index (χ3n) is 7.80. The van der Waals surface area contributed by atoms with Crippen LogP contribution in [-0.2, 0) is 6.42 Å². The molecule has 2 aliphatic rings. The van der Waals surface area contributed by atoms with Crippen molar-refractivity contribution in [2.75, 3.05) is 0 Å². The van der Waals surface area contributed by atoms with Crippen molar-refractivity contribution in [2.24, 2.45) is 11.8 Å². The van der Waals surface area contributed by atoms with Crippen LogP contribution >= 0.6 is 0 Å². The van der Waals surface area contributed by atoms with Gasteiger partial charge in [0.25, 0.3) is 0 Å². The summed E-state index contributed by atoms with van der Waals surface area (Å²) in [6.45, 7) is 4.21. The Balaban J connectivity index is 0.000000186. The van der Waals surface area contributed by atoms with Crippen molar-refractivity contribution >= 4 is 5.78 Å². The molecule has 0 amide bonds. The van der Waals surface area contributed by atoms with Gasteiger partial charge in [-0.15, -0.1) is 0 Å². The summed E-state index contributed by atoms with van der Waals surface area (Å²) in [6.07, 6.45) is 20.1. The quantitative estimate of drug-likeness (QED) is 0.369. The van der Waals surface area contributed by atoms with Crippen molar-refractivity contribution < 1.29 is 4.79 Å². The molecule has 0 spiro atoms. The SMILES string of the molecule is Cc1ccc(C(=O)CCC2CCCCC2)cc1.Cc1ccc(CCCC2CCCCC2)cc1. The molecule has 0 aliphatic heterocycles. The third kappa shape index (κ3) is 9.86. The zero-order valence-corrected chi connectivity index (χ0v) is 21.3. The molecule has 180 valence electrons. The fourth-order valence-corrected chi connectivity index (χ4v) is 5.52. The van der Waals surface area contributed by atoms with E-state index in [1.165, 1.54) is 100 Å². The Bertz CT molecular complexity index is 789. The molecule has 4 rings (SSSR count). The number of rotatable bonds is 8. The average Bonchev–Trinajstić information content (AvgIpc) is 2.86. The van der Waals surface area contributed by atoms with Gasteiger partial charge < -0.3 is 0 Å². The van der Waals surface area contributed by atoms with Gasteiger partial charge in [-0.25, -0.2) is 0 Å². The summed E-state index contributed by atoms with van der Waals surface area (Å²) in [5, 5.41) is 0. The molecule has 0 bridgehead atoms. The Morgan fingerprint density at radius 1 is 0.667 bits per heavy atom. The zero-order chi connectivity index (χ0) is 23.3. The first-order valence-corrected chi connectivity index (χ1v) is 13.8. The molecule has 2 aromatic rings. The molecule has 33 heavy (non-hydrogen) atoms. The van der Waals surface area contributed by atoms with Gasteiger partial charge in [0, 0.05) is 12.0 Å². The fourth-order valence-electron chi connectivity index (χ4n) is 5.52. The second-order valence-corrected chi connectivity index (χ2v) is 10.7.